The highest BCUT2D eigenvalue weighted by Crippen LogP contribution is 2.19. The van der Waals surface area contributed by atoms with Crippen LogP contribution >= 0.6 is 11.3 Å². The van der Waals surface area contributed by atoms with Gasteiger partial charge in [-0.15, -0.1) is 11.3 Å². The van der Waals surface area contributed by atoms with Gasteiger partial charge in [0.05, 0.1) is 6.61 Å². The summed E-state index contributed by atoms with van der Waals surface area (Å²) in [5.74, 6) is 0.990. The molecule has 0 aliphatic rings. The molecule has 0 amide bonds. The molecule has 0 aliphatic carbocycles. The molecule has 0 radical (unpaired) electrons. The third-order valence-corrected chi connectivity index (χ3v) is 4.21. The van der Waals surface area contributed by atoms with Crippen LogP contribution in [0.3, 0.4) is 0 Å². The van der Waals surface area contributed by atoms with Crippen LogP contribution in [0.5, 0.6) is 5.75 Å². The highest BCUT2D eigenvalue weighted by Gasteiger charge is 1.99. The summed E-state index contributed by atoms with van der Waals surface area (Å²) >= 11 is 1.90. The molecule has 0 aliphatic heterocycles. The summed E-state index contributed by atoms with van der Waals surface area (Å²) in [6, 6.07) is 13.0. The van der Waals surface area contributed by atoms with E-state index in [1.165, 1.54) is 21.7 Å². The van der Waals surface area contributed by atoms with E-state index in [2.05, 4.69) is 50.2 Å². The van der Waals surface area contributed by atoms with Crippen LogP contribution in [0.1, 0.15) is 35.1 Å². The van der Waals surface area contributed by atoms with E-state index in [-0.39, 0.29) is 0 Å². The summed E-state index contributed by atoms with van der Waals surface area (Å²) in [5.41, 5.74) is 1.38. The van der Waals surface area contributed by atoms with Gasteiger partial charge in [0.25, 0.3) is 0 Å². The summed E-state index contributed by atoms with van der Waals surface area (Å²) in [5, 5.41) is 0. The van der Waals surface area contributed by atoms with Crippen molar-refractivity contribution in [3.05, 3.63) is 51.7 Å². The molecule has 1 aromatic heterocycles. The SMILES string of the molecule is CCCCOc1ccc(CCc2ccc(C)s2)cc1. The summed E-state index contributed by atoms with van der Waals surface area (Å²) in [6.45, 7) is 5.17. The first-order valence-corrected chi connectivity index (χ1v) is 7.86. The lowest BCUT2D eigenvalue weighted by Crippen LogP contribution is -1.96. The van der Waals surface area contributed by atoms with Gasteiger partial charge in [-0.3, -0.25) is 0 Å². The smallest absolute Gasteiger partial charge is 0.119 e. The predicted octanol–water partition coefficient (Wildman–Crippen LogP) is 5.02. The van der Waals surface area contributed by atoms with Crippen LogP contribution in [0.4, 0.5) is 0 Å². The number of unbranched alkanes of at least 4 members (excludes halogenated alkanes) is 1. The summed E-state index contributed by atoms with van der Waals surface area (Å²) in [6.07, 6.45) is 4.54. The van der Waals surface area contributed by atoms with Gasteiger partial charge in [-0.2, -0.15) is 0 Å². The quantitative estimate of drug-likeness (QED) is 0.644. The van der Waals surface area contributed by atoms with E-state index in [0.29, 0.717) is 0 Å². The summed E-state index contributed by atoms with van der Waals surface area (Å²) in [4.78, 5) is 2.87. The van der Waals surface area contributed by atoms with Gasteiger partial charge in [-0.05, 0) is 56.0 Å². The minimum absolute atomic E-state index is 0.824. The maximum atomic E-state index is 5.67. The van der Waals surface area contributed by atoms with Crippen LogP contribution in [-0.4, -0.2) is 6.61 Å². The van der Waals surface area contributed by atoms with E-state index in [9.17, 15) is 0 Å². The minimum Gasteiger partial charge on any atom is -0.494 e. The van der Waals surface area contributed by atoms with Gasteiger partial charge in [0.2, 0.25) is 0 Å². The number of hydrogen-bond acceptors (Lipinski definition) is 2. The second-order valence-corrected chi connectivity index (χ2v) is 6.23. The highest BCUT2D eigenvalue weighted by atomic mass is 32.1. The Morgan fingerprint density at radius 1 is 1.00 bits per heavy atom. The molecule has 1 heterocycles. The molecule has 19 heavy (non-hydrogen) atoms. The van der Waals surface area contributed by atoms with Crippen molar-refractivity contribution in [1.29, 1.82) is 0 Å². The Kier molecular flexibility index (Phi) is 5.46. The Morgan fingerprint density at radius 3 is 2.42 bits per heavy atom. The summed E-state index contributed by atoms with van der Waals surface area (Å²) in [7, 11) is 0. The molecule has 1 aromatic carbocycles. The Morgan fingerprint density at radius 2 is 1.79 bits per heavy atom. The Hall–Kier alpha value is -1.28. The fourth-order valence-corrected chi connectivity index (χ4v) is 2.86. The molecule has 102 valence electrons. The molecular weight excluding hydrogens is 252 g/mol. The largest absolute Gasteiger partial charge is 0.494 e. The van der Waals surface area contributed by atoms with Crippen molar-refractivity contribution in [1.82, 2.24) is 0 Å². The fraction of sp³-hybridized carbons (Fsp3) is 0.412. The standard InChI is InChI=1S/C17H22OS/c1-3-4-13-18-16-9-6-15(7-10-16)8-12-17-11-5-14(2)19-17/h5-7,9-11H,3-4,8,12-13H2,1-2H3. The highest BCUT2D eigenvalue weighted by molar-refractivity contribution is 7.11. The molecular formula is C17H22OS. The second kappa shape index (κ2) is 7.34. The Labute approximate surface area is 120 Å². The predicted molar refractivity (Wildman–Crippen MR) is 83.3 cm³/mol. The van der Waals surface area contributed by atoms with Gasteiger partial charge in [0.1, 0.15) is 5.75 Å². The van der Waals surface area contributed by atoms with Gasteiger partial charge in [0, 0.05) is 9.75 Å². The number of ether oxygens (including phenoxy) is 1. The zero-order valence-corrected chi connectivity index (χ0v) is 12.6. The van der Waals surface area contributed by atoms with Crippen LogP contribution in [0, 0.1) is 6.92 Å². The van der Waals surface area contributed by atoms with Gasteiger partial charge in [0.15, 0.2) is 0 Å². The molecule has 2 aromatic rings. The lowest BCUT2D eigenvalue weighted by atomic mass is 10.1. The number of thiophene rings is 1. The van der Waals surface area contributed by atoms with Gasteiger partial charge in [-0.1, -0.05) is 25.5 Å². The maximum absolute atomic E-state index is 5.67. The first-order chi connectivity index (χ1) is 9.28. The van der Waals surface area contributed by atoms with E-state index in [1.807, 2.05) is 11.3 Å². The molecule has 0 fully saturated rings. The van der Waals surface area contributed by atoms with Crippen LogP contribution in [0.15, 0.2) is 36.4 Å². The number of rotatable bonds is 7. The van der Waals surface area contributed by atoms with Crippen LogP contribution < -0.4 is 4.74 Å². The zero-order valence-electron chi connectivity index (χ0n) is 11.8. The van der Waals surface area contributed by atoms with Crippen molar-refractivity contribution < 1.29 is 4.74 Å². The van der Waals surface area contributed by atoms with Crippen LogP contribution in [0.25, 0.3) is 0 Å². The Bertz CT molecular complexity index is 484. The second-order valence-electron chi connectivity index (χ2n) is 4.86. The van der Waals surface area contributed by atoms with E-state index in [1.54, 1.807) is 0 Å². The fourth-order valence-electron chi connectivity index (χ4n) is 1.97. The van der Waals surface area contributed by atoms with E-state index in [0.717, 1.165) is 31.6 Å². The van der Waals surface area contributed by atoms with E-state index >= 15 is 0 Å². The lowest BCUT2D eigenvalue weighted by Gasteiger charge is -2.06. The average Bonchev–Trinajstić information content (AvgIpc) is 2.84. The third kappa shape index (κ3) is 4.71. The first kappa shape index (κ1) is 14.1. The van der Waals surface area contributed by atoms with Crippen molar-refractivity contribution in [3.8, 4) is 5.75 Å². The third-order valence-electron chi connectivity index (χ3n) is 3.15. The monoisotopic (exact) mass is 274 g/mol. The molecule has 2 rings (SSSR count). The van der Waals surface area contributed by atoms with E-state index < -0.39 is 0 Å². The number of aryl methyl sites for hydroxylation is 3. The molecule has 1 nitrogen and oxygen atoms in total. The molecule has 0 saturated heterocycles. The summed E-state index contributed by atoms with van der Waals surface area (Å²) < 4.78 is 5.67. The number of hydrogen-bond donors (Lipinski definition) is 0. The average molecular weight is 274 g/mol. The molecule has 0 N–H and O–H groups in total. The molecule has 0 unspecified atom stereocenters. The molecule has 0 atom stereocenters. The molecule has 0 spiro atoms. The van der Waals surface area contributed by atoms with Crippen molar-refractivity contribution in [2.24, 2.45) is 0 Å². The van der Waals surface area contributed by atoms with Crippen molar-refractivity contribution in [2.75, 3.05) is 6.61 Å². The number of benzene rings is 1. The molecule has 0 saturated carbocycles. The van der Waals surface area contributed by atoms with E-state index in [4.69, 9.17) is 4.74 Å². The normalized spacial score (nSPS) is 10.6. The maximum Gasteiger partial charge on any atom is 0.119 e. The topological polar surface area (TPSA) is 9.23 Å². The zero-order chi connectivity index (χ0) is 13.5. The van der Waals surface area contributed by atoms with Gasteiger partial charge < -0.3 is 4.74 Å². The molecule has 2 heteroatoms. The lowest BCUT2D eigenvalue weighted by molar-refractivity contribution is 0.309. The van der Waals surface area contributed by atoms with Gasteiger partial charge in [-0.25, -0.2) is 0 Å². The van der Waals surface area contributed by atoms with Crippen molar-refractivity contribution >= 4 is 11.3 Å². The van der Waals surface area contributed by atoms with Crippen molar-refractivity contribution in [3.63, 3.8) is 0 Å². The van der Waals surface area contributed by atoms with Crippen LogP contribution in [0.2, 0.25) is 0 Å². The Balaban J connectivity index is 1.81. The first-order valence-electron chi connectivity index (χ1n) is 7.05. The van der Waals surface area contributed by atoms with Crippen molar-refractivity contribution in [2.45, 2.75) is 39.5 Å². The van der Waals surface area contributed by atoms with Crippen LogP contribution in [-0.2, 0) is 12.8 Å². The minimum atomic E-state index is 0.824. The molecule has 0 bridgehead atoms. The van der Waals surface area contributed by atoms with Gasteiger partial charge >= 0.3 is 0 Å².